The van der Waals surface area contributed by atoms with Crippen LogP contribution in [0.25, 0.3) is 0 Å². The zero-order valence-electron chi connectivity index (χ0n) is 8.97. The number of hydrogen-bond acceptors (Lipinski definition) is 3. The first kappa shape index (κ1) is 11.2. The standard InChI is InChI=1S/C11H18O3/c1-4-11(5-7-13-8-6-11)14-10(12)9(2)3/h2,4-8H2,1,3H3. The van der Waals surface area contributed by atoms with Gasteiger partial charge >= 0.3 is 5.97 Å². The molecule has 0 amide bonds. The Balaban J connectivity index is 2.60. The molecule has 0 aromatic carbocycles. The van der Waals surface area contributed by atoms with Gasteiger partial charge in [-0.1, -0.05) is 13.5 Å². The SMILES string of the molecule is C=C(C)C(=O)OC1(CC)CCOCC1. The molecule has 0 bridgehead atoms. The highest BCUT2D eigenvalue weighted by molar-refractivity contribution is 5.87. The van der Waals surface area contributed by atoms with Gasteiger partial charge in [0.2, 0.25) is 0 Å². The summed E-state index contributed by atoms with van der Waals surface area (Å²) in [5, 5.41) is 0. The minimum Gasteiger partial charge on any atom is -0.456 e. The van der Waals surface area contributed by atoms with Gasteiger partial charge in [-0.25, -0.2) is 4.79 Å². The van der Waals surface area contributed by atoms with E-state index in [1.807, 2.05) is 6.92 Å². The maximum absolute atomic E-state index is 11.4. The van der Waals surface area contributed by atoms with E-state index in [9.17, 15) is 4.79 Å². The lowest BCUT2D eigenvalue weighted by Crippen LogP contribution is -2.40. The van der Waals surface area contributed by atoms with Crippen molar-refractivity contribution >= 4 is 5.97 Å². The fraction of sp³-hybridized carbons (Fsp3) is 0.727. The van der Waals surface area contributed by atoms with Crippen LogP contribution in [0.3, 0.4) is 0 Å². The summed E-state index contributed by atoms with van der Waals surface area (Å²) >= 11 is 0. The van der Waals surface area contributed by atoms with Crippen LogP contribution in [0.1, 0.15) is 33.1 Å². The van der Waals surface area contributed by atoms with E-state index in [1.54, 1.807) is 6.92 Å². The van der Waals surface area contributed by atoms with Crippen molar-refractivity contribution in [3.8, 4) is 0 Å². The Labute approximate surface area is 85.1 Å². The van der Waals surface area contributed by atoms with E-state index in [1.165, 1.54) is 0 Å². The maximum Gasteiger partial charge on any atom is 0.333 e. The fourth-order valence-electron chi connectivity index (χ4n) is 1.55. The van der Waals surface area contributed by atoms with Gasteiger partial charge in [-0.05, 0) is 13.3 Å². The van der Waals surface area contributed by atoms with E-state index >= 15 is 0 Å². The summed E-state index contributed by atoms with van der Waals surface area (Å²) < 4.78 is 10.7. The summed E-state index contributed by atoms with van der Waals surface area (Å²) in [7, 11) is 0. The van der Waals surface area contributed by atoms with E-state index in [0.29, 0.717) is 18.8 Å². The van der Waals surface area contributed by atoms with Crippen LogP contribution in [0, 0.1) is 0 Å². The van der Waals surface area contributed by atoms with Crippen molar-refractivity contribution in [2.75, 3.05) is 13.2 Å². The molecule has 1 aliphatic heterocycles. The van der Waals surface area contributed by atoms with Crippen LogP contribution >= 0.6 is 0 Å². The molecular weight excluding hydrogens is 180 g/mol. The molecule has 0 aromatic heterocycles. The molecule has 0 saturated carbocycles. The first-order chi connectivity index (χ1) is 6.59. The number of hydrogen-bond donors (Lipinski definition) is 0. The van der Waals surface area contributed by atoms with Gasteiger partial charge in [0.1, 0.15) is 5.60 Å². The van der Waals surface area contributed by atoms with Gasteiger partial charge in [0.25, 0.3) is 0 Å². The van der Waals surface area contributed by atoms with E-state index in [2.05, 4.69) is 6.58 Å². The van der Waals surface area contributed by atoms with Crippen LogP contribution in [0.4, 0.5) is 0 Å². The summed E-state index contributed by atoms with van der Waals surface area (Å²) in [5.41, 5.74) is 0.151. The van der Waals surface area contributed by atoms with Crippen molar-refractivity contribution in [1.82, 2.24) is 0 Å². The smallest absolute Gasteiger partial charge is 0.333 e. The highest BCUT2D eigenvalue weighted by Crippen LogP contribution is 2.29. The quantitative estimate of drug-likeness (QED) is 0.514. The van der Waals surface area contributed by atoms with Gasteiger partial charge in [-0.2, -0.15) is 0 Å². The fourth-order valence-corrected chi connectivity index (χ4v) is 1.55. The number of esters is 1. The lowest BCUT2D eigenvalue weighted by atomic mass is 9.91. The molecule has 0 atom stereocenters. The molecule has 14 heavy (non-hydrogen) atoms. The van der Waals surface area contributed by atoms with Gasteiger partial charge in [0.05, 0.1) is 13.2 Å². The van der Waals surface area contributed by atoms with E-state index in [-0.39, 0.29) is 11.6 Å². The second-order valence-corrected chi connectivity index (χ2v) is 3.82. The molecule has 0 radical (unpaired) electrons. The number of ether oxygens (including phenoxy) is 2. The van der Waals surface area contributed by atoms with Crippen LogP contribution < -0.4 is 0 Å². The van der Waals surface area contributed by atoms with E-state index in [0.717, 1.165) is 19.3 Å². The average molecular weight is 198 g/mol. The Bertz CT molecular complexity index is 227. The minimum atomic E-state index is -0.311. The van der Waals surface area contributed by atoms with Crippen LogP contribution in [-0.2, 0) is 14.3 Å². The average Bonchev–Trinajstić information content (AvgIpc) is 2.19. The first-order valence-electron chi connectivity index (χ1n) is 5.06. The van der Waals surface area contributed by atoms with Crippen molar-refractivity contribution in [1.29, 1.82) is 0 Å². The Morgan fingerprint density at radius 1 is 1.50 bits per heavy atom. The molecule has 1 heterocycles. The lowest BCUT2D eigenvalue weighted by Gasteiger charge is -2.35. The molecule has 1 fully saturated rings. The first-order valence-corrected chi connectivity index (χ1v) is 5.06. The zero-order valence-corrected chi connectivity index (χ0v) is 8.97. The van der Waals surface area contributed by atoms with Crippen LogP contribution in [0.15, 0.2) is 12.2 Å². The Morgan fingerprint density at radius 3 is 2.50 bits per heavy atom. The lowest BCUT2D eigenvalue weighted by molar-refractivity contribution is -0.165. The molecule has 0 aliphatic carbocycles. The summed E-state index contributed by atoms with van der Waals surface area (Å²) in [6.07, 6.45) is 2.43. The van der Waals surface area contributed by atoms with Crippen LogP contribution in [0.5, 0.6) is 0 Å². The van der Waals surface area contributed by atoms with Gasteiger partial charge in [0.15, 0.2) is 0 Å². The van der Waals surface area contributed by atoms with Gasteiger partial charge in [0, 0.05) is 18.4 Å². The summed E-state index contributed by atoms with van der Waals surface area (Å²) in [4.78, 5) is 11.4. The summed E-state index contributed by atoms with van der Waals surface area (Å²) in [6, 6.07) is 0. The van der Waals surface area contributed by atoms with Crippen LogP contribution in [-0.4, -0.2) is 24.8 Å². The third-order valence-electron chi connectivity index (χ3n) is 2.71. The molecule has 1 aliphatic rings. The second-order valence-electron chi connectivity index (χ2n) is 3.82. The number of carbonyl (C=O) groups excluding carboxylic acids is 1. The monoisotopic (exact) mass is 198 g/mol. The minimum absolute atomic E-state index is 0.284. The van der Waals surface area contributed by atoms with Gasteiger partial charge < -0.3 is 9.47 Å². The second kappa shape index (κ2) is 4.60. The molecule has 0 aromatic rings. The van der Waals surface area contributed by atoms with Crippen molar-refractivity contribution < 1.29 is 14.3 Å². The number of carbonyl (C=O) groups is 1. The Kier molecular flexibility index (Phi) is 3.69. The maximum atomic E-state index is 11.4. The van der Waals surface area contributed by atoms with E-state index in [4.69, 9.17) is 9.47 Å². The summed E-state index contributed by atoms with van der Waals surface area (Å²) in [6.45, 7) is 8.65. The molecule has 0 N–H and O–H groups in total. The molecular formula is C11H18O3. The predicted molar refractivity (Wildman–Crippen MR) is 54.0 cm³/mol. The molecule has 1 rings (SSSR count). The third kappa shape index (κ3) is 2.58. The van der Waals surface area contributed by atoms with Crippen molar-refractivity contribution in [2.24, 2.45) is 0 Å². The largest absolute Gasteiger partial charge is 0.456 e. The predicted octanol–water partition coefficient (Wildman–Crippen LogP) is 2.06. The molecule has 0 spiro atoms. The normalized spacial score (nSPS) is 20.1. The molecule has 3 nitrogen and oxygen atoms in total. The molecule has 80 valence electrons. The van der Waals surface area contributed by atoms with E-state index < -0.39 is 0 Å². The summed E-state index contributed by atoms with van der Waals surface area (Å²) in [5.74, 6) is -0.284. The van der Waals surface area contributed by atoms with Gasteiger partial charge in [-0.15, -0.1) is 0 Å². The Morgan fingerprint density at radius 2 is 2.07 bits per heavy atom. The topological polar surface area (TPSA) is 35.5 Å². The van der Waals surface area contributed by atoms with Crippen molar-refractivity contribution in [2.45, 2.75) is 38.7 Å². The number of rotatable bonds is 3. The van der Waals surface area contributed by atoms with Crippen molar-refractivity contribution in [3.05, 3.63) is 12.2 Å². The Hall–Kier alpha value is -0.830. The van der Waals surface area contributed by atoms with Crippen molar-refractivity contribution in [3.63, 3.8) is 0 Å². The molecule has 1 saturated heterocycles. The highest BCUT2D eigenvalue weighted by atomic mass is 16.6. The van der Waals surface area contributed by atoms with Crippen LogP contribution in [0.2, 0.25) is 0 Å². The molecule has 3 heteroatoms. The highest BCUT2D eigenvalue weighted by Gasteiger charge is 2.34. The molecule has 0 unspecified atom stereocenters. The van der Waals surface area contributed by atoms with Gasteiger partial charge in [-0.3, -0.25) is 0 Å². The third-order valence-corrected chi connectivity index (χ3v) is 2.71. The zero-order chi connectivity index (χ0) is 10.6.